The van der Waals surface area contributed by atoms with E-state index in [1.807, 2.05) is 10.8 Å². The maximum Gasteiger partial charge on any atom is 0.227 e. The Morgan fingerprint density at radius 3 is 2.71 bits per heavy atom. The lowest BCUT2D eigenvalue weighted by Gasteiger charge is -2.60. The van der Waals surface area contributed by atoms with Crippen LogP contribution >= 0.6 is 0 Å². The average molecular weight is 331 g/mol. The Labute approximate surface area is 143 Å². The fourth-order valence-corrected chi connectivity index (χ4v) is 6.09. The number of nitrogens with zero attached hydrogens (tertiary/aromatic N) is 2. The fourth-order valence-electron chi connectivity index (χ4n) is 6.09. The number of hydrogen-bond acceptors (Lipinski definition) is 3. The van der Waals surface area contributed by atoms with Crippen LogP contribution in [0.5, 0.6) is 0 Å². The first-order chi connectivity index (χ1) is 11.3. The lowest BCUT2D eigenvalue weighted by molar-refractivity contribution is -0.167. The smallest absolute Gasteiger partial charge is 0.227 e. The standard InChI is InChI=1S/C19H29N3O2/c1-13(2)11-22-4-3-20-17(22)21-16(23)10-18-6-14-5-15(7-18)9-19(24,8-14)12-18/h3-4,13-15,24H,5-12H2,1-2H3,(H,20,21,23). The third kappa shape index (κ3) is 2.99. The van der Waals surface area contributed by atoms with Gasteiger partial charge in [-0.15, -0.1) is 0 Å². The number of rotatable bonds is 5. The molecule has 0 spiro atoms. The minimum atomic E-state index is -0.500. The SMILES string of the molecule is CC(C)Cn1ccnc1NC(=O)CC12CC3CC(CC(O)(C3)C1)C2. The first-order valence-corrected chi connectivity index (χ1v) is 9.38. The van der Waals surface area contributed by atoms with Crippen molar-refractivity contribution in [2.75, 3.05) is 5.32 Å². The molecule has 5 nitrogen and oxygen atoms in total. The summed E-state index contributed by atoms with van der Waals surface area (Å²) in [6, 6.07) is 0. The Kier molecular flexibility index (Phi) is 3.75. The number of nitrogens with one attached hydrogen (secondary N) is 1. The van der Waals surface area contributed by atoms with E-state index in [1.165, 1.54) is 6.42 Å². The van der Waals surface area contributed by atoms with Gasteiger partial charge in [0.05, 0.1) is 5.60 Å². The third-order valence-electron chi connectivity index (χ3n) is 6.22. The lowest BCUT2D eigenvalue weighted by Crippen LogP contribution is -2.56. The molecule has 4 aliphatic carbocycles. The summed E-state index contributed by atoms with van der Waals surface area (Å²) in [6.07, 6.45) is 10.4. The van der Waals surface area contributed by atoms with E-state index in [2.05, 4.69) is 24.1 Å². The van der Waals surface area contributed by atoms with E-state index in [9.17, 15) is 9.90 Å². The highest BCUT2D eigenvalue weighted by atomic mass is 16.3. The minimum absolute atomic E-state index is 0.0123. The fraction of sp³-hybridized carbons (Fsp3) is 0.789. The van der Waals surface area contributed by atoms with Gasteiger partial charge < -0.3 is 9.67 Å². The molecule has 0 saturated heterocycles. The van der Waals surface area contributed by atoms with E-state index in [-0.39, 0.29) is 11.3 Å². The molecule has 4 saturated carbocycles. The topological polar surface area (TPSA) is 67.2 Å². The van der Waals surface area contributed by atoms with Crippen molar-refractivity contribution in [2.45, 2.75) is 70.9 Å². The van der Waals surface area contributed by atoms with Crippen molar-refractivity contribution in [1.29, 1.82) is 0 Å². The Morgan fingerprint density at radius 2 is 2.08 bits per heavy atom. The Balaban J connectivity index is 1.44. The van der Waals surface area contributed by atoms with Gasteiger partial charge in [0, 0.05) is 25.4 Å². The molecule has 4 fully saturated rings. The van der Waals surface area contributed by atoms with Crippen LogP contribution in [0.1, 0.15) is 58.8 Å². The van der Waals surface area contributed by atoms with E-state index in [4.69, 9.17) is 0 Å². The van der Waals surface area contributed by atoms with Gasteiger partial charge in [0.1, 0.15) is 0 Å². The van der Waals surface area contributed by atoms with E-state index in [1.54, 1.807) is 6.20 Å². The quantitative estimate of drug-likeness (QED) is 0.870. The zero-order valence-electron chi connectivity index (χ0n) is 14.8. The molecular weight excluding hydrogens is 302 g/mol. The molecule has 0 aliphatic heterocycles. The van der Waals surface area contributed by atoms with Crippen LogP contribution in [0.4, 0.5) is 5.95 Å². The molecule has 132 valence electrons. The highest BCUT2D eigenvalue weighted by Gasteiger charge is 2.57. The highest BCUT2D eigenvalue weighted by molar-refractivity contribution is 5.89. The van der Waals surface area contributed by atoms with Crippen LogP contribution in [0.25, 0.3) is 0 Å². The molecule has 0 aromatic carbocycles. The van der Waals surface area contributed by atoms with Gasteiger partial charge in [-0.05, 0) is 61.7 Å². The maximum absolute atomic E-state index is 12.7. The van der Waals surface area contributed by atoms with Gasteiger partial charge in [-0.2, -0.15) is 0 Å². The lowest BCUT2D eigenvalue weighted by atomic mass is 9.47. The second-order valence-corrected chi connectivity index (χ2v) is 9.21. The van der Waals surface area contributed by atoms with E-state index >= 15 is 0 Å². The van der Waals surface area contributed by atoms with Gasteiger partial charge in [0.2, 0.25) is 11.9 Å². The summed E-state index contributed by atoms with van der Waals surface area (Å²) in [5.41, 5.74) is -0.487. The molecule has 1 amide bonds. The summed E-state index contributed by atoms with van der Waals surface area (Å²) in [6.45, 7) is 5.16. The van der Waals surface area contributed by atoms with Gasteiger partial charge in [-0.3, -0.25) is 10.1 Å². The molecule has 2 N–H and O–H groups in total. The molecule has 1 aromatic heterocycles. The zero-order chi connectivity index (χ0) is 16.9. The van der Waals surface area contributed by atoms with Crippen LogP contribution < -0.4 is 5.32 Å². The number of hydrogen-bond donors (Lipinski definition) is 2. The van der Waals surface area contributed by atoms with Crippen molar-refractivity contribution in [3.05, 3.63) is 12.4 Å². The number of carbonyl (C=O) groups excluding carboxylic acids is 1. The number of anilines is 1. The number of carbonyl (C=O) groups is 1. The highest BCUT2D eigenvalue weighted by Crippen LogP contribution is 2.62. The van der Waals surface area contributed by atoms with E-state index in [0.717, 1.165) is 38.6 Å². The van der Waals surface area contributed by atoms with Crippen LogP contribution in [-0.2, 0) is 11.3 Å². The van der Waals surface area contributed by atoms with Crippen LogP contribution in [0.15, 0.2) is 12.4 Å². The molecule has 0 radical (unpaired) electrons. The second kappa shape index (κ2) is 5.58. The first-order valence-electron chi connectivity index (χ1n) is 9.38. The number of amides is 1. The normalized spacial score (nSPS) is 37.2. The number of imidazole rings is 1. The Hall–Kier alpha value is -1.36. The largest absolute Gasteiger partial charge is 0.390 e. The molecule has 2 unspecified atom stereocenters. The summed E-state index contributed by atoms with van der Waals surface area (Å²) in [5.74, 6) is 2.44. The predicted molar refractivity (Wildman–Crippen MR) is 92.4 cm³/mol. The first kappa shape index (κ1) is 16.1. The third-order valence-corrected chi connectivity index (χ3v) is 6.22. The molecule has 24 heavy (non-hydrogen) atoms. The molecule has 4 aliphatic rings. The molecule has 2 atom stereocenters. The van der Waals surface area contributed by atoms with Gasteiger partial charge in [0.25, 0.3) is 0 Å². The second-order valence-electron chi connectivity index (χ2n) is 9.21. The number of aromatic nitrogens is 2. The molecule has 5 rings (SSSR count). The van der Waals surface area contributed by atoms with Crippen molar-refractivity contribution < 1.29 is 9.90 Å². The molecular formula is C19H29N3O2. The average Bonchev–Trinajstić information content (AvgIpc) is 2.81. The van der Waals surface area contributed by atoms with E-state index in [0.29, 0.717) is 30.1 Å². The summed E-state index contributed by atoms with van der Waals surface area (Å²) in [7, 11) is 0. The van der Waals surface area contributed by atoms with Crippen LogP contribution in [0.3, 0.4) is 0 Å². The van der Waals surface area contributed by atoms with Gasteiger partial charge in [-0.1, -0.05) is 13.8 Å². The van der Waals surface area contributed by atoms with Crippen molar-refractivity contribution in [2.24, 2.45) is 23.2 Å². The predicted octanol–water partition coefficient (Wildman–Crippen LogP) is 3.20. The molecule has 4 bridgehead atoms. The van der Waals surface area contributed by atoms with Crippen LogP contribution in [0.2, 0.25) is 0 Å². The van der Waals surface area contributed by atoms with Crippen molar-refractivity contribution in [3.63, 3.8) is 0 Å². The Bertz CT molecular complexity index is 622. The minimum Gasteiger partial charge on any atom is -0.390 e. The summed E-state index contributed by atoms with van der Waals surface area (Å²) >= 11 is 0. The summed E-state index contributed by atoms with van der Waals surface area (Å²) < 4.78 is 2.01. The molecule has 1 aromatic rings. The van der Waals surface area contributed by atoms with Crippen molar-refractivity contribution >= 4 is 11.9 Å². The van der Waals surface area contributed by atoms with Crippen molar-refractivity contribution in [1.82, 2.24) is 9.55 Å². The Morgan fingerprint density at radius 1 is 1.38 bits per heavy atom. The zero-order valence-corrected chi connectivity index (χ0v) is 14.8. The molecule has 1 heterocycles. The monoisotopic (exact) mass is 331 g/mol. The van der Waals surface area contributed by atoms with Gasteiger partial charge >= 0.3 is 0 Å². The van der Waals surface area contributed by atoms with Gasteiger partial charge in [0.15, 0.2) is 0 Å². The summed E-state index contributed by atoms with van der Waals surface area (Å²) in [5, 5.41) is 13.8. The molecule has 5 heteroatoms. The van der Waals surface area contributed by atoms with E-state index < -0.39 is 5.60 Å². The van der Waals surface area contributed by atoms with Crippen molar-refractivity contribution in [3.8, 4) is 0 Å². The van der Waals surface area contributed by atoms with Crippen LogP contribution in [0, 0.1) is 23.2 Å². The van der Waals surface area contributed by atoms with Gasteiger partial charge in [-0.25, -0.2) is 4.98 Å². The maximum atomic E-state index is 12.7. The number of aliphatic hydroxyl groups is 1. The summed E-state index contributed by atoms with van der Waals surface area (Å²) in [4.78, 5) is 17.0. The van der Waals surface area contributed by atoms with Crippen LogP contribution in [-0.4, -0.2) is 26.2 Å².